The van der Waals surface area contributed by atoms with E-state index in [9.17, 15) is 9.59 Å². The van der Waals surface area contributed by atoms with E-state index in [-0.39, 0.29) is 0 Å². The largest absolute Gasteiger partial charge is 0.481 e. The van der Waals surface area contributed by atoms with Gasteiger partial charge in [0.15, 0.2) is 0 Å². The van der Waals surface area contributed by atoms with E-state index in [1.54, 1.807) is 0 Å². The first kappa shape index (κ1) is 32.6. The molecule has 0 aliphatic heterocycles. The molecule has 0 atom stereocenters. The third-order valence-electron chi connectivity index (χ3n) is 5.30. The molecule has 0 aromatic carbocycles. The standard InChI is InChI=1S/2C14H26O2/c2*1-2-3-4-5-6-7-8-9-10-11-12-13-14(15)16/h2*9-10H,2-8,11-13H2,1H3,(H,15,16). The van der Waals surface area contributed by atoms with Gasteiger partial charge in [-0.2, -0.15) is 0 Å². The molecule has 0 heterocycles. The summed E-state index contributed by atoms with van der Waals surface area (Å²) < 4.78 is 0. The normalized spacial score (nSPS) is 11.1. The van der Waals surface area contributed by atoms with Gasteiger partial charge in [0.05, 0.1) is 0 Å². The molecule has 0 aromatic heterocycles. The number of rotatable bonds is 22. The zero-order valence-electron chi connectivity index (χ0n) is 21.2. The minimum absolute atomic E-state index is 0.293. The topological polar surface area (TPSA) is 74.6 Å². The summed E-state index contributed by atoms with van der Waals surface area (Å²) in [4.78, 5) is 20.5. The Kier molecular flexibility index (Phi) is 30.0. The van der Waals surface area contributed by atoms with Crippen molar-refractivity contribution in [2.24, 2.45) is 0 Å². The molecule has 0 unspecified atom stereocenters. The Balaban J connectivity index is 0. The van der Waals surface area contributed by atoms with Crippen molar-refractivity contribution in [3.05, 3.63) is 24.3 Å². The molecule has 0 saturated heterocycles. The second-order valence-corrected chi connectivity index (χ2v) is 8.63. The van der Waals surface area contributed by atoms with E-state index in [1.165, 1.54) is 77.0 Å². The maximum Gasteiger partial charge on any atom is 0.303 e. The van der Waals surface area contributed by atoms with Crippen LogP contribution in [0.5, 0.6) is 0 Å². The highest BCUT2D eigenvalue weighted by atomic mass is 16.4. The van der Waals surface area contributed by atoms with Crippen molar-refractivity contribution in [2.75, 3.05) is 0 Å². The van der Waals surface area contributed by atoms with Crippen LogP contribution in [0, 0.1) is 0 Å². The van der Waals surface area contributed by atoms with Gasteiger partial charge in [-0.05, 0) is 51.4 Å². The average molecular weight is 453 g/mol. The SMILES string of the molecule is CCCCCCCCC=CCCCC(=O)O.CCCCCCCCC=CCCCC(=O)O. The zero-order valence-corrected chi connectivity index (χ0v) is 21.2. The molecule has 0 spiro atoms. The summed E-state index contributed by atoms with van der Waals surface area (Å²) in [7, 11) is 0. The lowest BCUT2D eigenvalue weighted by Crippen LogP contribution is -1.92. The predicted molar refractivity (Wildman–Crippen MR) is 137 cm³/mol. The van der Waals surface area contributed by atoms with Crippen LogP contribution in [-0.4, -0.2) is 22.2 Å². The molecule has 0 rings (SSSR count). The van der Waals surface area contributed by atoms with Crippen molar-refractivity contribution in [3.63, 3.8) is 0 Å². The quantitative estimate of drug-likeness (QED) is 0.127. The van der Waals surface area contributed by atoms with E-state index >= 15 is 0 Å². The lowest BCUT2D eigenvalue weighted by molar-refractivity contribution is -0.138. The first-order valence-electron chi connectivity index (χ1n) is 13.3. The van der Waals surface area contributed by atoms with Crippen molar-refractivity contribution in [2.45, 2.75) is 142 Å². The Bertz CT molecular complexity index is 412. The van der Waals surface area contributed by atoms with Crippen molar-refractivity contribution < 1.29 is 19.8 Å². The Morgan fingerprint density at radius 1 is 0.469 bits per heavy atom. The fourth-order valence-electron chi connectivity index (χ4n) is 3.30. The Labute approximate surface area is 198 Å². The number of carboxylic acid groups (broad SMARTS) is 2. The molecular weight excluding hydrogens is 400 g/mol. The Morgan fingerprint density at radius 3 is 1.06 bits per heavy atom. The summed E-state index contributed by atoms with van der Waals surface area (Å²) in [5.41, 5.74) is 0. The third kappa shape index (κ3) is 35.8. The van der Waals surface area contributed by atoms with Gasteiger partial charge in [0.25, 0.3) is 0 Å². The van der Waals surface area contributed by atoms with E-state index in [0.717, 1.165) is 38.5 Å². The molecule has 4 heteroatoms. The molecule has 0 saturated carbocycles. The first-order chi connectivity index (χ1) is 15.5. The van der Waals surface area contributed by atoms with Crippen molar-refractivity contribution in [3.8, 4) is 0 Å². The molecule has 0 aromatic rings. The second kappa shape index (κ2) is 29.4. The molecule has 0 aliphatic carbocycles. The Morgan fingerprint density at radius 2 is 0.750 bits per heavy atom. The summed E-state index contributed by atoms with van der Waals surface area (Å²) in [6.07, 6.45) is 30.9. The van der Waals surface area contributed by atoms with Crippen LogP contribution < -0.4 is 0 Å². The van der Waals surface area contributed by atoms with Gasteiger partial charge >= 0.3 is 11.9 Å². The van der Waals surface area contributed by atoms with Crippen LogP contribution in [0.15, 0.2) is 24.3 Å². The second-order valence-electron chi connectivity index (χ2n) is 8.63. The molecule has 32 heavy (non-hydrogen) atoms. The van der Waals surface area contributed by atoms with Gasteiger partial charge in [0.1, 0.15) is 0 Å². The third-order valence-corrected chi connectivity index (χ3v) is 5.30. The van der Waals surface area contributed by atoms with Gasteiger partial charge in [-0.25, -0.2) is 0 Å². The van der Waals surface area contributed by atoms with Crippen LogP contribution in [0.25, 0.3) is 0 Å². The molecule has 2 N–H and O–H groups in total. The molecule has 188 valence electrons. The van der Waals surface area contributed by atoms with Gasteiger partial charge in [0, 0.05) is 12.8 Å². The number of hydrogen-bond donors (Lipinski definition) is 2. The van der Waals surface area contributed by atoms with E-state index in [4.69, 9.17) is 10.2 Å². The lowest BCUT2D eigenvalue weighted by atomic mass is 10.1. The fourth-order valence-corrected chi connectivity index (χ4v) is 3.30. The maximum atomic E-state index is 10.2. The highest BCUT2D eigenvalue weighted by molar-refractivity contribution is 5.66. The summed E-state index contributed by atoms with van der Waals surface area (Å²) >= 11 is 0. The zero-order chi connectivity index (χ0) is 24.1. The molecule has 0 fully saturated rings. The molecule has 4 nitrogen and oxygen atoms in total. The highest BCUT2D eigenvalue weighted by Gasteiger charge is 1.94. The average Bonchev–Trinajstić information content (AvgIpc) is 2.76. The van der Waals surface area contributed by atoms with Gasteiger partial charge in [-0.1, -0.05) is 102 Å². The monoisotopic (exact) mass is 452 g/mol. The highest BCUT2D eigenvalue weighted by Crippen LogP contribution is 2.08. The summed E-state index contributed by atoms with van der Waals surface area (Å²) in [5, 5.41) is 16.9. The number of carbonyl (C=O) groups is 2. The molecular formula is C28H52O4. The van der Waals surface area contributed by atoms with Crippen molar-refractivity contribution >= 4 is 11.9 Å². The molecule has 0 aliphatic rings. The predicted octanol–water partition coefficient (Wildman–Crippen LogP) is 9.10. The van der Waals surface area contributed by atoms with Gasteiger partial charge in [-0.3, -0.25) is 9.59 Å². The minimum Gasteiger partial charge on any atom is -0.481 e. The van der Waals surface area contributed by atoms with Gasteiger partial charge in [0.2, 0.25) is 0 Å². The van der Waals surface area contributed by atoms with Crippen LogP contribution >= 0.6 is 0 Å². The maximum absolute atomic E-state index is 10.2. The molecule has 0 amide bonds. The van der Waals surface area contributed by atoms with Gasteiger partial charge in [-0.15, -0.1) is 0 Å². The van der Waals surface area contributed by atoms with E-state index in [2.05, 4.69) is 38.2 Å². The van der Waals surface area contributed by atoms with Crippen molar-refractivity contribution in [1.29, 1.82) is 0 Å². The van der Waals surface area contributed by atoms with E-state index in [1.807, 2.05) is 0 Å². The van der Waals surface area contributed by atoms with Crippen LogP contribution in [-0.2, 0) is 9.59 Å². The molecule has 0 radical (unpaired) electrons. The number of unbranched alkanes of at least 4 members (excludes halogenated alkanes) is 14. The summed E-state index contributed by atoms with van der Waals surface area (Å²) in [6.45, 7) is 4.47. The summed E-state index contributed by atoms with van der Waals surface area (Å²) in [6, 6.07) is 0. The van der Waals surface area contributed by atoms with Gasteiger partial charge < -0.3 is 10.2 Å². The van der Waals surface area contributed by atoms with Crippen molar-refractivity contribution in [1.82, 2.24) is 0 Å². The van der Waals surface area contributed by atoms with Crippen LogP contribution in [0.4, 0.5) is 0 Å². The fraction of sp³-hybridized carbons (Fsp3) is 0.786. The number of aliphatic carboxylic acids is 2. The smallest absolute Gasteiger partial charge is 0.303 e. The van der Waals surface area contributed by atoms with Crippen LogP contribution in [0.3, 0.4) is 0 Å². The lowest BCUT2D eigenvalue weighted by Gasteiger charge is -1.97. The van der Waals surface area contributed by atoms with Crippen LogP contribution in [0.2, 0.25) is 0 Å². The first-order valence-corrected chi connectivity index (χ1v) is 13.3. The van der Waals surface area contributed by atoms with E-state index < -0.39 is 11.9 Å². The summed E-state index contributed by atoms with van der Waals surface area (Å²) in [5.74, 6) is -1.38. The Hall–Kier alpha value is -1.58. The minimum atomic E-state index is -0.690. The number of allylic oxidation sites excluding steroid dienone is 4. The number of carboxylic acids is 2. The van der Waals surface area contributed by atoms with Crippen LogP contribution in [0.1, 0.15) is 142 Å². The number of hydrogen-bond acceptors (Lipinski definition) is 2. The van der Waals surface area contributed by atoms with E-state index in [0.29, 0.717) is 12.8 Å². The molecule has 0 bridgehead atoms.